The Bertz CT molecular complexity index is 903. The normalized spacial score (nSPS) is 11.9. The van der Waals surface area contributed by atoms with Crippen LogP contribution in [0, 0.1) is 13.8 Å². The third-order valence-electron chi connectivity index (χ3n) is 4.22. The number of hydrogen-bond donors (Lipinski definition) is 2. The maximum Gasteiger partial charge on any atom is 0.191 e. The minimum atomic E-state index is -3.16. The molecule has 6 nitrogen and oxygen atoms in total. The van der Waals surface area contributed by atoms with Crippen molar-refractivity contribution in [3.63, 3.8) is 0 Å². The number of nitrogens with zero attached hydrogens (tertiary/aromatic N) is 1. The van der Waals surface area contributed by atoms with Gasteiger partial charge < -0.3 is 15.4 Å². The van der Waals surface area contributed by atoms with Crippen molar-refractivity contribution in [2.75, 3.05) is 32.5 Å². The zero-order valence-corrected chi connectivity index (χ0v) is 18.5. The van der Waals surface area contributed by atoms with Crippen LogP contribution in [0.1, 0.15) is 23.6 Å². The molecule has 0 aromatic heterocycles. The van der Waals surface area contributed by atoms with Gasteiger partial charge in [0.15, 0.2) is 15.8 Å². The molecule has 2 aromatic rings. The lowest BCUT2D eigenvalue weighted by Crippen LogP contribution is -2.39. The second-order valence-electron chi connectivity index (χ2n) is 7.03. The van der Waals surface area contributed by atoms with Crippen molar-refractivity contribution in [3.05, 3.63) is 59.2 Å². The van der Waals surface area contributed by atoms with Gasteiger partial charge in [0.1, 0.15) is 12.4 Å². The molecule has 2 rings (SSSR count). The number of rotatable bonds is 9. The summed E-state index contributed by atoms with van der Waals surface area (Å²) in [5.74, 6) is 1.62. The van der Waals surface area contributed by atoms with Gasteiger partial charge in [-0.15, -0.1) is 0 Å². The minimum absolute atomic E-state index is 0.337. The van der Waals surface area contributed by atoms with Gasteiger partial charge >= 0.3 is 0 Å². The molecule has 0 atom stereocenters. The van der Waals surface area contributed by atoms with E-state index >= 15 is 0 Å². The summed E-state index contributed by atoms with van der Waals surface area (Å²) in [6.07, 6.45) is 1.95. The maximum absolute atomic E-state index is 11.5. The Hall–Kier alpha value is -2.54. The lowest BCUT2D eigenvalue weighted by atomic mass is 10.1. The fourth-order valence-corrected chi connectivity index (χ4v) is 3.53. The molecule has 0 bridgehead atoms. The Morgan fingerprint density at radius 3 is 2.28 bits per heavy atom. The second kappa shape index (κ2) is 10.9. The van der Waals surface area contributed by atoms with E-state index in [9.17, 15) is 8.42 Å². The summed E-state index contributed by atoms with van der Waals surface area (Å²) in [6, 6.07) is 13.1. The van der Waals surface area contributed by atoms with Gasteiger partial charge in [-0.1, -0.05) is 18.2 Å². The van der Waals surface area contributed by atoms with E-state index < -0.39 is 9.84 Å². The summed E-state index contributed by atoms with van der Waals surface area (Å²) in [6.45, 7) is 8.69. The number of benzene rings is 2. The molecule has 0 radical (unpaired) electrons. The molecule has 0 aliphatic carbocycles. The van der Waals surface area contributed by atoms with Crippen molar-refractivity contribution in [1.82, 2.24) is 10.6 Å². The molecule has 0 heterocycles. The summed E-state index contributed by atoms with van der Waals surface area (Å²) < 4.78 is 28.9. The van der Waals surface area contributed by atoms with Crippen molar-refractivity contribution >= 4 is 15.8 Å². The molecule has 158 valence electrons. The molecule has 29 heavy (non-hydrogen) atoms. The SMILES string of the molecule is CCNC(=NCCc1ccc(S(C)(=O)=O)cc1)NCCOc1cc(C)cc(C)c1. The van der Waals surface area contributed by atoms with Gasteiger partial charge in [-0.05, 0) is 68.1 Å². The Balaban J connectivity index is 1.81. The summed E-state index contributed by atoms with van der Waals surface area (Å²) in [5.41, 5.74) is 3.43. The monoisotopic (exact) mass is 417 g/mol. The molecule has 0 saturated carbocycles. The van der Waals surface area contributed by atoms with Crippen molar-refractivity contribution < 1.29 is 13.2 Å². The van der Waals surface area contributed by atoms with Gasteiger partial charge in [0.25, 0.3) is 0 Å². The summed E-state index contributed by atoms with van der Waals surface area (Å²) in [7, 11) is -3.16. The first-order valence-corrected chi connectivity index (χ1v) is 11.7. The molecular formula is C22H31N3O3S. The molecule has 0 aliphatic rings. The summed E-state index contributed by atoms with van der Waals surface area (Å²) in [4.78, 5) is 4.91. The highest BCUT2D eigenvalue weighted by Gasteiger charge is 2.06. The molecule has 0 amide bonds. The van der Waals surface area contributed by atoms with Crippen molar-refractivity contribution in [2.24, 2.45) is 4.99 Å². The van der Waals surface area contributed by atoms with E-state index in [1.54, 1.807) is 12.1 Å². The molecule has 0 unspecified atom stereocenters. The number of aryl methyl sites for hydroxylation is 2. The van der Waals surface area contributed by atoms with Gasteiger partial charge in [0.05, 0.1) is 11.4 Å². The van der Waals surface area contributed by atoms with E-state index in [0.29, 0.717) is 24.6 Å². The van der Waals surface area contributed by atoms with Crippen molar-refractivity contribution in [1.29, 1.82) is 0 Å². The summed E-state index contributed by atoms with van der Waals surface area (Å²) in [5, 5.41) is 6.49. The second-order valence-corrected chi connectivity index (χ2v) is 9.04. The van der Waals surface area contributed by atoms with Crippen LogP contribution in [0.25, 0.3) is 0 Å². The van der Waals surface area contributed by atoms with Crippen LogP contribution in [0.5, 0.6) is 5.75 Å². The molecule has 0 spiro atoms. The molecule has 0 saturated heterocycles. The first-order valence-electron chi connectivity index (χ1n) is 9.80. The van der Waals surface area contributed by atoms with E-state index in [0.717, 1.165) is 30.2 Å². The largest absolute Gasteiger partial charge is 0.492 e. The molecule has 0 fully saturated rings. The van der Waals surface area contributed by atoms with Crippen LogP contribution < -0.4 is 15.4 Å². The van der Waals surface area contributed by atoms with Crippen LogP contribution in [-0.4, -0.2) is 46.9 Å². The highest BCUT2D eigenvalue weighted by molar-refractivity contribution is 7.90. The van der Waals surface area contributed by atoms with E-state index in [-0.39, 0.29) is 0 Å². The fraction of sp³-hybridized carbons (Fsp3) is 0.409. The topological polar surface area (TPSA) is 79.8 Å². The Kier molecular flexibility index (Phi) is 8.51. The van der Waals surface area contributed by atoms with Crippen LogP contribution in [0.4, 0.5) is 0 Å². The number of nitrogens with one attached hydrogen (secondary N) is 2. The average Bonchev–Trinajstić information content (AvgIpc) is 2.64. The van der Waals surface area contributed by atoms with E-state index in [1.807, 2.05) is 31.2 Å². The predicted molar refractivity (Wildman–Crippen MR) is 119 cm³/mol. The molecule has 7 heteroatoms. The zero-order chi connectivity index (χ0) is 21.3. The van der Waals surface area contributed by atoms with Gasteiger partial charge in [0, 0.05) is 19.3 Å². The highest BCUT2D eigenvalue weighted by atomic mass is 32.2. The first kappa shape index (κ1) is 22.7. The maximum atomic E-state index is 11.5. The number of hydrogen-bond acceptors (Lipinski definition) is 4. The van der Waals surface area contributed by atoms with E-state index in [4.69, 9.17) is 4.74 Å². The van der Waals surface area contributed by atoms with Crippen LogP contribution in [0.15, 0.2) is 52.4 Å². The Morgan fingerprint density at radius 1 is 1.03 bits per heavy atom. The fourth-order valence-electron chi connectivity index (χ4n) is 2.90. The number of aliphatic imine (C=N–C) groups is 1. The van der Waals surface area contributed by atoms with Crippen LogP contribution >= 0.6 is 0 Å². The number of ether oxygens (including phenoxy) is 1. The Labute approximate surface area is 174 Å². The van der Waals surface area contributed by atoms with Crippen molar-refractivity contribution in [2.45, 2.75) is 32.1 Å². The molecular weight excluding hydrogens is 386 g/mol. The minimum Gasteiger partial charge on any atom is -0.492 e. The standard InChI is InChI=1S/C22H31N3O3S/c1-5-23-22(25-12-13-28-20-15-17(2)14-18(3)16-20)24-11-10-19-6-8-21(9-7-19)29(4,26)27/h6-9,14-16H,5,10-13H2,1-4H3,(H2,23,24,25). The number of guanidine groups is 1. The quantitative estimate of drug-likeness (QED) is 0.373. The zero-order valence-electron chi connectivity index (χ0n) is 17.7. The lowest BCUT2D eigenvalue weighted by Gasteiger charge is -2.13. The lowest BCUT2D eigenvalue weighted by molar-refractivity contribution is 0.321. The third kappa shape index (κ3) is 8.15. The number of sulfone groups is 1. The smallest absolute Gasteiger partial charge is 0.191 e. The Morgan fingerprint density at radius 2 is 1.69 bits per heavy atom. The highest BCUT2D eigenvalue weighted by Crippen LogP contribution is 2.15. The van der Waals surface area contributed by atoms with Crippen LogP contribution in [0.3, 0.4) is 0 Å². The van der Waals surface area contributed by atoms with E-state index in [2.05, 4.69) is 35.5 Å². The van der Waals surface area contributed by atoms with Gasteiger partial charge in [0.2, 0.25) is 0 Å². The van der Waals surface area contributed by atoms with Gasteiger partial charge in [-0.2, -0.15) is 0 Å². The molecule has 2 aromatic carbocycles. The van der Waals surface area contributed by atoms with E-state index in [1.165, 1.54) is 17.4 Å². The van der Waals surface area contributed by atoms with Crippen molar-refractivity contribution in [3.8, 4) is 5.75 Å². The van der Waals surface area contributed by atoms with Gasteiger partial charge in [-0.25, -0.2) is 8.42 Å². The molecule has 0 aliphatic heterocycles. The third-order valence-corrected chi connectivity index (χ3v) is 5.35. The van der Waals surface area contributed by atoms with Crippen LogP contribution in [-0.2, 0) is 16.3 Å². The van der Waals surface area contributed by atoms with Crippen LogP contribution in [0.2, 0.25) is 0 Å². The first-order chi connectivity index (χ1) is 13.8. The van der Waals surface area contributed by atoms with Gasteiger partial charge in [-0.3, -0.25) is 4.99 Å². The molecule has 2 N–H and O–H groups in total. The predicted octanol–water partition coefficient (Wildman–Crippen LogP) is 2.88. The summed E-state index contributed by atoms with van der Waals surface area (Å²) >= 11 is 0. The average molecular weight is 418 g/mol.